The number of ether oxygens (including phenoxy) is 1. The molecule has 1 N–H and O–H groups in total. The highest BCUT2D eigenvalue weighted by Crippen LogP contribution is 2.34. The Labute approximate surface area is 104 Å². The molecule has 1 heterocycles. The summed E-state index contributed by atoms with van der Waals surface area (Å²) in [6, 6.07) is 8.72. The Hall–Kier alpha value is -0.860. The molecule has 0 aromatic heterocycles. The molecule has 1 aliphatic heterocycles. The Morgan fingerprint density at radius 2 is 1.94 bits per heavy atom. The summed E-state index contributed by atoms with van der Waals surface area (Å²) in [7, 11) is 1.82. The minimum absolute atomic E-state index is 0.339. The normalized spacial score (nSPS) is 19.2. The minimum atomic E-state index is 0.339. The lowest BCUT2D eigenvalue weighted by atomic mass is 9.74. The van der Waals surface area contributed by atoms with E-state index in [0.29, 0.717) is 5.41 Å². The lowest BCUT2D eigenvalue weighted by Gasteiger charge is -2.37. The first-order chi connectivity index (χ1) is 8.26. The van der Waals surface area contributed by atoms with E-state index < -0.39 is 0 Å². The van der Waals surface area contributed by atoms with Crippen LogP contribution in [0.1, 0.15) is 24.0 Å². The molecule has 1 aliphatic rings. The van der Waals surface area contributed by atoms with Crippen LogP contribution in [-0.4, -0.2) is 26.8 Å². The van der Waals surface area contributed by atoms with Crippen molar-refractivity contribution < 1.29 is 4.74 Å². The summed E-state index contributed by atoms with van der Waals surface area (Å²) in [6.45, 7) is 5.32. The van der Waals surface area contributed by atoms with E-state index >= 15 is 0 Å². The second kappa shape index (κ2) is 5.65. The van der Waals surface area contributed by atoms with Gasteiger partial charge in [0.1, 0.15) is 0 Å². The fraction of sp³-hybridized carbons (Fsp3) is 0.600. The van der Waals surface area contributed by atoms with Gasteiger partial charge < -0.3 is 10.1 Å². The topological polar surface area (TPSA) is 21.3 Å². The molecule has 0 unspecified atom stereocenters. The smallest absolute Gasteiger partial charge is 0.0522 e. The van der Waals surface area contributed by atoms with Gasteiger partial charge in [-0.3, -0.25) is 0 Å². The zero-order chi connectivity index (χ0) is 12.1. The van der Waals surface area contributed by atoms with Gasteiger partial charge in [-0.1, -0.05) is 24.3 Å². The predicted molar refractivity (Wildman–Crippen MR) is 71.3 cm³/mol. The van der Waals surface area contributed by atoms with Crippen molar-refractivity contribution in [2.24, 2.45) is 5.41 Å². The fourth-order valence-corrected chi connectivity index (χ4v) is 2.85. The van der Waals surface area contributed by atoms with Gasteiger partial charge in [0.25, 0.3) is 0 Å². The van der Waals surface area contributed by atoms with Crippen molar-refractivity contribution in [2.45, 2.75) is 26.2 Å². The molecule has 1 aromatic carbocycles. The van der Waals surface area contributed by atoms with Crippen LogP contribution in [0.4, 0.5) is 0 Å². The minimum Gasteiger partial charge on any atom is -0.384 e. The Balaban J connectivity index is 2.14. The molecule has 0 aliphatic carbocycles. The van der Waals surface area contributed by atoms with Crippen LogP contribution in [0.2, 0.25) is 0 Å². The molecule has 0 bridgehead atoms. The maximum atomic E-state index is 5.47. The number of benzene rings is 1. The third-order valence-corrected chi connectivity index (χ3v) is 3.94. The highest BCUT2D eigenvalue weighted by atomic mass is 16.5. The molecule has 0 amide bonds. The molecule has 1 saturated heterocycles. The quantitative estimate of drug-likeness (QED) is 0.863. The second-order valence-electron chi connectivity index (χ2n) is 5.29. The first-order valence-corrected chi connectivity index (χ1v) is 6.50. The van der Waals surface area contributed by atoms with Gasteiger partial charge in [0.2, 0.25) is 0 Å². The maximum Gasteiger partial charge on any atom is 0.0522 e. The highest BCUT2D eigenvalue weighted by Gasteiger charge is 2.32. The van der Waals surface area contributed by atoms with Gasteiger partial charge >= 0.3 is 0 Å². The second-order valence-corrected chi connectivity index (χ2v) is 5.29. The van der Waals surface area contributed by atoms with Crippen molar-refractivity contribution in [3.05, 3.63) is 35.4 Å². The largest absolute Gasteiger partial charge is 0.384 e. The highest BCUT2D eigenvalue weighted by molar-refractivity contribution is 5.27. The van der Waals surface area contributed by atoms with Gasteiger partial charge in [-0.25, -0.2) is 0 Å². The Kier molecular flexibility index (Phi) is 4.19. The van der Waals surface area contributed by atoms with E-state index in [1.54, 1.807) is 0 Å². The van der Waals surface area contributed by atoms with E-state index in [4.69, 9.17) is 4.74 Å². The number of hydrogen-bond donors (Lipinski definition) is 1. The Bertz CT molecular complexity index is 350. The van der Waals surface area contributed by atoms with Crippen LogP contribution in [-0.2, 0) is 11.2 Å². The van der Waals surface area contributed by atoms with Crippen LogP contribution in [0.3, 0.4) is 0 Å². The van der Waals surface area contributed by atoms with Crippen molar-refractivity contribution in [3.8, 4) is 0 Å². The number of rotatable bonds is 4. The molecule has 2 rings (SSSR count). The van der Waals surface area contributed by atoms with Gasteiger partial charge in [-0.05, 0) is 50.4 Å². The molecular formula is C15H23NO. The van der Waals surface area contributed by atoms with Crippen molar-refractivity contribution in [1.29, 1.82) is 0 Å². The van der Waals surface area contributed by atoms with Crippen LogP contribution in [0.5, 0.6) is 0 Å². The molecular weight excluding hydrogens is 210 g/mol. The summed E-state index contributed by atoms with van der Waals surface area (Å²) in [5.41, 5.74) is 3.22. The molecule has 0 saturated carbocycles. The molecule has 1 fully saturated rings. The molecule has 0 atom stereocenters. The molecule has 2 heteroatoms. The average Bonchev–Trinajstić information content (AvgIpc) is 2.34. The molecule has 2 nitrogen and oxygen atoms in total. The average molecular weight is 233 g/mol. The third-order valence-electron chi connectivity index (χ3n) is 3.94. The monoisotopic (exact) mass is 233 g/mol. The summed E-state index contributed by atoms with van der Waals surface area (Å²) in [4.78, 5) is 0. The number of piperidine rings is 1. The summed E-state index contributed by atoms with van der Waals surface area (Å²) in [6.07, 6.45) is 3.58. The van der Waals surface area contributed by atoms with E-state index in [0.717, 1.165) is 26.1 Å². The van der Waals surface area contributed by atoms with Gasteiger partial charge in [0.15, 0.2) is 0 Å². The lowest BCUT2D eigenvalue weighted by molar-refractivity contribution is 0.0539. The zero-order valence-electron chi connectivity index (χ0n) is 11.0. The zero-order valence-corrected chi connectivity index (χ0v) is 11.0. The van der Waals surface area contributed by atoms with Crippen molar-refractivity contribution in [1.82, 2.24) is 5.32 Å². The number of hydrogen-bond acceptors (Lipinski definition) is 2. The standard InChI is InChI=1S/C15H23NO/c1-13-5-3-4-6-14(13)11-15(12-17-2)7-9-16-10-8-15/h3-6,16H,7-12H2,1-2H3. The molecule has 1 aromatic rings. The summed E-state index contributed by atoms with van der Waals surface area (Å²) in [5, 5.41) is 3.44. The van der Waals surface area contributed by atoms with Gasteiger partial charge in [0, 0.05) is 12.5 Å². The van der Waals surface area contributed by atoms with Crippen LogP contribution < -0.4 is 5.32 Å². The molecule has 0 radical (unpaired) electrons. The van der Waals surface area contributed by atoms with E-state index in [9.17, 15) is 0 Å². The first kappa shape index (κ1) is 12.6. The van der Waals surface area contributed by atoms with Crippen LogP contribution in [0.25, 0.3) is 0 Å². The van der Waals surface area contributed by atoms with Gasteiger partial charge in [-0.15, -0.1) is 0 Å². The molecule has 0 spiro atoms. The summed E-state index contributed by atoms with van der Waals surface area (Å²) >= 11 is 0. The Morgan fingerprint density at radius 3 is 2.59 bits per heavy atom. The van der Waals surface area contributed by atoms with E-state index in [1.165, 1.54) is 24.0 Å². The van der Waals surface area contributed by atoms with Crippen LogP contribution >= 0.6 is 0 Å². The number of aryl methyl sites for hydroxylation is 1. The third kappa shape index (κ3) is 3.08. The van der Waals surface area contributed by atoms with Crippen molar-refractivity contribution >= 4 is 0 Å². The molecule has 94 valence electrons. The Morgan fingerprint density at radius 1 is 1.24 bits per heavy atom. The van der Waals surface area contributed by atoms with Gasteiger partial charge in [0.05, 0.1) is 6.61 Å². The van der Waals surface area contributed by atoms with Crippen molar-refractivity contribution in [2.75, 3.05) is 26.8 Å². The van der Waals surface area contributed by atoms with E-state index in [2.05, 4.69) is 36.5 Å². The fourth-order valence-electron chi connectivity index (χ4n) is 2.85. The summed E-state index contributed by atoms with van der Waals surface area (Å²) in [5.74, 6) is 0. The molecule has 17 heavy (non-hydrogen) atoms. The van der Waals surface area contributed by atoms with Crippen LogP contribution in [0.15, 0.2) is 24.3 Å². The first-order valence-electron chi connectivity index (χ1n) is 6.50. The predicted octanol–water partition coefficient (Wildman–Crippen LogP) is 2.55. The maximum absolute atomic E-state index is 5.47. The number of methoxy groups -OCH3 is 1. The lowest BCUT2D eigenvalue weighted by Crippen LogP contribution is -2.41. The summed E-state index contributed by atoms with van der Waals surface area (Å²) < 4.78 is 5.47. The number of nitrogens with one attached hydrogen (secondary N) is 1. The van der Waals surface area contributed by atoms with Crippen molar-refractivity contribution in [3.63, 3.8) is 0 Å². The SMILES string of the molecule is COCC1(Cc2ccccc2C)CCNCC1. The van der Waals surface area contributed by atoms with E-state index in [-0.39, 0.29) is 0 Å². The van der Waals surface area contributed by atoms with E-state index in [1.807, 2.05) is 7.11 Å². The van der Waals surface area contributed by atoms with Gasteiger partial charge in [-0.2, -0.15) is 0 Å². The van der Waals surface area contributed by atoms with Crippen LogP contribution in [0, 0.1) is 12.3 Å².